The van der Waals surface area contributed by atoms with Crippen LogP contribution in [0.5, 0.6) is 0 Å². The summed E-state index contributed by atoms with van der Waals surface area (Å²) in [4.78, 5) is 23.0. The van der Waals surface area contributed by atoms with Crippen molar-refractivity contribution in [3.8, 4) is 0 Å². The Labute approximate surface area is 179 Å². The fourth-order valence-electron chi connectivity index (χ4n) is 2.09. The van der Waals surface area contributed by atoms with Gasteiger partial charge in [-0.05, 0) is 69.3 Å². The monoisotopic (exact) mass is 436 g/mol. The molecular weight excluding hydrogens is 408 g/mol. The summed E-state index contributed by atoms with van der Waals surface area (Å²) in [6.45, 7) is 12.0. The van der Waals surface area contributed by atoms with Gasteiger partial charge < -0.3 is 10.2 Å². The lowest BCUT2D eigenvalue weighted by Crippen LogP contribution is -2.21. The van der Waals surface area contributed by atoms with Crippen LogP contribution in [-0.4, -0.2) is 35.9 Å². The molecule has 0 saturated heterocycles. The lowest BCUT2D eigenvalue weighted by Gasteiger charge is -2.17. The van der Waals surface area contributed by atoms with E-state index in [-0.39, 0.29) is 15.1 Å². The minimum Gasteiger partial charge on any atom is -0.478 e. The van der Waals surface area contributed by atoms with E-state index >= 15 is 0 Å². The highest BCUT2D eigenvalue weighted by molar-refractivity contribution is 8.00. The molecule has 1 unspecified atom stereocenters. The van der Waals surface area contributed by atoms with Crippen molar-refractivity contribution < 1.29 is 24.0 Å². The van der Waals surface area contributed by atoms with Gasteiger partial charge in [0.1, 0.15) is 0 Å². The summed E-state index contributed by atoms with van der Waals surface area (Å²) >= 11 is 1.73. The summed E-state index contributed by atoms with van der Waals surface area (Å²) in [6.07, 6.45) is 0. The predicted octanol–water partition coefficient (Wildman–Crippen LogP) is 5.57. The molecule has 5 nitrogen and oxygen atoms in total. The summed E-state index contributed by atoms with van der Waals surface area (Å²) in [7, 11) is -1.12. The molecule has 0 aliphatic rings. The molecule has 1 atom stereocenters. The maximum atomic E-state index is 11.9. The Hall–Kier alpha value is -2.12. The van der Waals surface area contributed by atoms with E-state index < -0.39 is 22.7 Å². The molecule has 0 bridgehead atoms. The number of hydrogen-bond donors (Lipinski definition) is 2. The summed E-state index contributed by atoms with van der Waals surface area (Å²) in [6, 6.07) is 13.1. The highest BCUT2D eigenvalue weighted by atomic mass is 32.2. The van der Waals surface area contributed by atoms with Crippen LogP contribution in [0.15, 0.2) is 58.3 Å². The average Bonchev–Trinajstić information content (AvgIpc) is 2.60. The van der Waals surface area contributed by atoms with Crippen LogP contribution in [0, 0.1) is 0 Å². The molecule has 0 aliphatic carbocycles. The van der Waals surface area contributed by atoms with E-state index in [2.05, 4.69) is 20.8 Å². The van der Waals surface area contributed by atoms with Gasteiger partial charge in [-0.3, -0.25) is 4.21 Å². The van der Waals surface area contributed by atoms with Crippen LogP contribution in [0.25, 0.3) is 0 Å². The number of hydrogen-bond acceptors (Lipinski definition) is 4. The molecule has 158 valence electrons. The quantitative estimate of drug-likeness (QED) is 0.609. The Kier molecular flexibility index (Phi) is 8.65. The first-order valence-corrected chi connectivity index (χ1v) is 10.9. The number of rotatable bonds is 4. The third-order valence-electron chi connectivity index (χ3n) is 3.40. The molecule has 0 aromatic heterocycles. The number of carbonyl (C=O) groups is 2. The number of benzene rings is 2. The van der Waals surface area contributed by atoms with Crippen LogP contribution >= 0.6 is 11.8 Å². The van der Waals surface area contributed by atoms with Crippen LogP contribution in [0.4, 0.5) is 0 Å². The molecule has 0 fully saturated rings. The van der Waals surface area contributed by atoms with Crippen LogP contribution in [0.1, 0.15) is 62.3 Å². The zero-order valence-corrected chi connectivity index (χ0v) is 19.2. The van der Waals surface area contributed by atoms with Gasteiger partial charge in [-0.15, -0.1) is 11.8 Å². The van der Waals surface area contributed by atoms with Gasteiger partial charge in [0.2, 0.25) is 0 Å². The van der Waals surface area contributed by atoms with Crippen molar-refractivity contribution in [3.63, 3.8) is 0 Å². The van der Waals surface area contributed by atoms with Crippen molar-refractivity contribution in [2.24, 2.45) is 0 Å². The van der Waals surface area contributed by atoms with Crippen LogP contribution < -0.4 is 0 Å². The van der Waals surface area contributed by atoms with E-state index in [1.807, 2.05) is 32.9 Å². The molecule has 29 heavy (non-hydrogen) atoms. The topological polar surface area (TPSA) is 91.7 Å². The van der Waals surface area contributed by atoms with E-state index in [0.717, 1.165) is 4.90 Å². The summed E-state index contributed by atoms with van der Waals surface area (Å²) in [5.74, 6) is -1.85. The molecule has 2 aromatic carbocycles. The molecule has 0 amide bonds. The maximum Gasteiger partial charge on any atom is 0.335 e. The van der Waals surface area contributed by atoms with Crippen molar-refractivity contribution in [3.05, 3.63) is 59.7 Å². The number of carboxylic acid groups (broad SMARTS) is 2. The molecular formula is C22H28O5S2. The SMILES string of the molecule is CC(C)(C)S(=O)c1ccc(C(=O)O)cc1.CC(C)(C)Sc1ccc(C(=O)O)cc1. The molecule has 0 radical (unpaired) electrons. The van der Waals surface area contributed by atoms with E-state index in [9.17, 15) is 13.8 Å². The van der Waals surface area contributed by atoms with Crippen molar-refractivity contribution in [2.45, 2.75) is 60.8 Å². The van der Waals surface area contributed by atoms with Crippen LogP contribution in [-0.2, 0) is 10.8 Å². The van der Waals surface area contributed by atoms with Crippen LogP contribution in [0.3, 0.4) is 0 Å². The molecule has 2 aromatic rings. The molecule has 7 heteroatoms. The minimum atomic E-state index is -1.12. The normalized spacial score (nSPS) is 12.5. The molecule has 2 rings (SSSR count). The van der Waals surface area contributed by atoms with Gasteiger partial charge in [0.25, 0.3) is 0 Å². The largest absolute Gasteiger partial charge is 0.478 e. The first kappa shape index (κ1) is 24.9. The third-order valence-corrected chi connectivity index (χ3v) is 6.33. The summed E-state index contributed by atoms with van der Waals surface area (Å²) in [5.41, 5.74) is 0.549. The first-order valence-electron chi connectivity index (χ1n) is 8.98. The van der Waals surface area contributed by atoms with Crippen LogP contribution in [0.2, 0.25) is 0 Å². The standard InChI is InChI=1S/C11H14O3S.C11H14O2S/c1-11(2,3)15(14)9-6-4-8(5-7-9)10(12)13;1-11(2,3)14-9-6-4-8(5-7-9)10(12)13/h4-7H,1-3H3,(H,12,13);4-7H,1-3H3,(H,12,13). The van der Waals surface area contributed by atoms with Gasteiger partial charge in [0.05, 0.1) is 21.9 Å². The Morgan fingerprint density at radius 1 is 0.759 bits per heavy atom. The van der Waals surface area contributed by atoms with Crippen molar-refractivity contribution in [1.29, 1.82) is 0 Å². The maximum absolute atomic E-state index is 11.9. The molecule has 0 heterocycles. The Morgan fingerprint density at radius 2 is 1.14 bits per heavy atom. The fourth-order valence-corrected chi connectivity index (χ4v) is 4.16. The lowest BCUT2D eigenvalue weighted by atomic mass is 10.2. The molecule has 0 spiro atoms. The second-order valence-corrected chi connectivity index (χ2v) is 12.4. The highest BCUT2D eigenvalue weighted by Gasteiger charge is 2.21. The second-order valence-electron chi connectivity index (χ2n) is 8.25. The Morgan fingerprint density at radius 3 is 1.45 bits per heavy atom. The summed E-state index contributed by atoms with van der Waals surface area (Å²) < 4.78 is 11.7. The van der Waals surface area contributed by atoms with Gasteiger partial charge in [-0.1, -0.05) is 20.8 Å². The predicted molar refractivity (Wildman–Crippen MR) is 119 cm³/mol. The molecule has 2 N–H and O–H groups in total. The average molecular weight is 437 g/mol. The number of thioether (sulfide) groups is 1. The van der Waals surface area contributed by atoms with Crippen molar-refractivity contribution in [2.75, 3.05) is 0 Å². The molecule has 0 aliphatic heterocycles. The first-order chi connectivity index (χ1) is 13.2. The lowest BCUT2D eigenvalue weighted by molar-refractivity contribution is 0.0686. The zero-order valence-electron chi connectivity index (χ0n) is 17.6. The highest BCUT2D eigenvalue weighted by Crippen LogP contribution is 2.31. The van der Waals surface area contributed by atoms with Gasteiger partial charge in [-0.25, -0.2) is 9.59 Å². The number of carboxylic acids is 2. The third kappa shape index (κ3) is 8.83. The summed E-state index contributed by atoms with van der Waals surface area (Å²) in [5, 5.41) is 17.4. The fraction of sp³-hybridized carbons (Fsp3) is 0.364. The van der Waals surface area contributed by atoms with Gasteiger partial charge in [-0.2, -0.15) is 0 Å². The Bertz CT molecular complexity index is 858. The van der Waals surface area contributed by atoms with Gasteiger partial charge >= 0.3 is 11.9 Å². The van der Waals surface area contributed by atoms with Crippen molar-refractivity contribution >= 4 is 34.5 Å². The second kappa shape index (κ2) is 10.1. The van der Waals surface area contributed by atoms with Crippen molar-refractivity contribution in [1.82, 2.24) is 0 Å². The van der Waals surface area contributed by atoms with E-state index in [0.29, 0.717) is 10.5 Å². The van der Waals surface area contributed by atoms with E-state index in [1.54, 1.807) is 36.0 Å². The smallest absolute Gasteiger partial charge is 0.335 e. The Balaban J connectivity index is 0.000000291. The van der Waals surface area contributed by atoms with Gasteiger partial charge in [0.15, 0.2) is 0 Å². The van der Waals surface area contributed by atoms with Gasteiger partial charge in [0, 0.05) is 19.3 Å². The minimum absolute atomic E-state index is 0.157. The van der Waals surface area contributed by atoms with E-state index in [1.165, 1.54) is 12.1 Å². The number of aromatic carboxylic acids is 2. The zero-order chi connectivity index (χ0) is 22.4. The van der Waals surface area contributed by atoms with E-state index in [4.69, 9.17) is 10.2 Å². The molecule has 0 saturated carbocycles.